The van der Waals surface area contributed by atoms with Crippen molar-refractivity contribution in [2.45, 2.75) is 6.54 Å². The molecule has 0 unspecified atom stereocenters. The molecule has 1 amide bonds. The summed E-state index contributed by atoms with van der Waals surface area (Å²) >= 11 is 6.13. The Bertz CT molecular complexity index is 939. The average Bonchev–Trinajstić information content (AvgIpc) is 3.12. The number of hydrogen-bond acceptors (Lipinski definition) is 7. The number of morpholine rings is 1. The van der Waals surface area contributed by atoms with Crippen molar-refractivity contribution in [1.82, 2.24) is 20.4 Å². The molecule has 0 radical (unpaired) electrons. The summed E-state index contributed by atoms with van der Waals surface area (Å²) in [6, 6.07) is 7.33. The number of amides is 1. The molecule has 3 aromatic rings. The molecule has 0 saturated carbocycles. The van der Waals surface area contributed by atoms with Gasteiger partial charge in [-0.2, -0.15) is 4.98 Å². The first-order valence-electron chi connectivity index (χ1n) is 8.18. The van der Waals surface area contributed by atoms with Crippen molar-refractivity contribution in [2.75, 3.05) is 31.2 Å². The van der Waals surface area contributed by atoms with Gasteiger partial charge in [0.15, 0.2) is 5.69 Å². The maximum atomic E-state index is 12.7. The smallest absolute Gasteiger partial charge is 0.274 e. The van der Waals surface area contributed by atoms with Gasteiger partial charge in [0.1, 0.15) is 17.5 Å². The molecular formula is C17H16ClN5O3. The molecule has 1 fully saturated rings. The summed E-state index contributed by atoms with van der Waals surface area (Å²) in [7, 11) is 0. The van der Waals surface area contributed by atoms with Crippen molar-refractivity contribution in [3.8, 4) is 0 Å². The molecule has 2 aromatic heterocycles. The highest BCUT2D eigenvalue weighted by Crippen LogP contribution is 2.27. The Labute approximate surface area is 154 Å². The fraction of sp³-hybridized carbons (Fsp3) is 0.294. The quantitative estimate of drug-likeness (QED) is 0.747. The summed E-state index contributed by atoms with van der Waals surface area (Å²) in [4.78, 5) is 23.1. The van der Waals surface area contributed by atoms with Gasteiger partial charge in [-0.1, -0.05) is 35.0 Å². The number of hydrogen-bond donors (Lipinski definition) is 1. The molecule has 1 aromatic carbocycles. The number of benzene rings is 1. The van der Waals surface area contributed by atoms with E-state index in [9.17, 15) is 4.79 Å². The molecule has 1 saturated heterocycles. The predicted molar refractivity (Wildman–Crippen MR) is 95.3 cm³/mol. The van der Waals surface area contributed by atoms with Crippen LogP contribution in [0.4, 0.5) is 5.82 Å². The molecule has 8 nitrogen and oxygen atoms in total. The Morgan fingerprint density at radius 3 is 2.85 bits per heavy atom. The molecule has 0 spiro atoms. The molecule has 9 heteroatoms. The molecule has 0 aliphatic carbocycles. The highest BCUT2D eigenvalue weighted by atomic mass is 35.5. The van der Waals surface area contributed by atoms with Crippen molar-refractivity contribution < 1.29 is 14.1 Å². The Kier molecular flexibility index (Phi) is 4.68. The SMILES string of the molecule is O=C(NCc1ccccc1Cl)c1noc2ncnc(N3CCOCC3)c12. The first kappa shape index (κ1) is 16.7. The lowest BCUT2D eigenvalue weighted by Crippen LogP contribution is -2.37. The van der Waals surface area contributed by atoms with Crippen LogP contribution in [-0.2, 0) is 11.3 Å². The molecule has 1 aliphatic heterocycles. The predicted octanol–water partition coefficient (Wildman–Crippen LogP) is 2.04. The average molecular weight is 374 g/mol. The number of fused-ring (bicyclic) bond motifs is 1. The van der Waals surface area contributed by atoms with Crippen LogP contribution in [0.15, 0.2) is 35.1 Å². The van der Waals surface area contributed by atoms with Crippen LogP contribution in [0.1, 0.15) is 16.1 Å². The number of nitrogens with one attached hydrogen (secondary N) is 1. The topological polar surface area (TPSA) is 93.4 Å². The van der Waals surface area contributed by atoms with Crippen LogP contribution in [0.5, 0.6) is 0 Å². The first-order chi connectivity index (χ1) is 12.7. The zero-order valence-electron chi connectivity index (χ0n) is 13.8. The third-order valence-corrected chi connectivity index (χ3v) is 4.54. The highest BCUT2D eigenvalue weighted by molar-refractivity contribution is 6.31. The number of ether oxygens (including phenoxy) is 1. The second-order valence-electron chi connectivity index (χ2n) is 5.78. The van der Waals surface area contributed by atoms with Gasteiger partial charge in [0.2, 0.25) is 0 Å². The van der Waals surface area contributed by atoms with Crippen molar-refractivity contribution in [1.29, 1.82) is 0 Å². The summed E-state index contributed by atoms with van der Waals surface area (Å²) in [5, 5.41) is 7.82. The van der Waals surface area contributed by atoms with Crippen LogP contribution in [0.3, 0.4) is 0 Å². The van der Waals surface area contributed by atoms with Crippen LogP contribution in [0.2, 0.25) is 5.02 Å². The normalized spacial score (nSPS) is 14.6. The van der Waals surface area contributed by atoms with E-state index in [-0.39, 0.29) is 23.9 Å². The summed E-state index contributed by atoms with van der Waals surface area (Å²) in [6.07, 6.45) is 1.41. The molecule has 1 N–H and O–H groups in total. The molecule has 4 rings (SSSR count). The van der Waals surface area contributed by atoms with E-state index in [1.54, 1.807) is 6.07 Å². The number of anilines is 1. The van der Waals surface area contributed by atoms with Crippen LogP contribution >= 0.6 is 11.6 Å². The van der Waals surface area contributed by atoms with Gasteiger partial charge in [0.25, 0.3) is 11.6 Å². The van der Waals surface area contributed by atoms with E-state index in [4.69, 9.17) is 20.9 Å². The van der Waals surface area contributed by atoms with Gasteiger partial charge < -0.3 is 19.5 Å². The molecule has 134 valence electrons. The van der Waals surface area contributed by atoms with E-state index in [1.807, 2.05) is 23.1 Å². The van der Waals surface area contributed by atoms with Crippen LogP contribution in [0, 0.1) is 0 Å². The minimum absolute atomic E-state index is 0.161. The number of nitrogens with zero attached hydrogens (tertiary/aromatic N) is 4. The third kappa shape index (κ3) is 3.21. The Morgan fingerprint density at radius 1 is 1.23 bits per heavy atom. The largest absolute Gasteiger partial charge is 0.378 e. The number of halogens is 1. The fourth-order valence-electron chi connectivity index (χ4n) is 2.84. The van der Waals surface area contributed by atoms with Crippen molar-refractivity contribution in [3.05, 3.63) is 46.9 Å². The molecule has 1 aliphatic rings. The Hall–Kier alpha value is -2.71. The van der Waals surface area contributed by atoms with Gasteiger partial charge in [0.05, 0.1) is 13.2 Å². The van der Waals surface area contributed by atoms with Crippen molar-refractivity contribution in [2.24, 2.45) is 0 Å². The van der Waals surface area contributed by atoms with E-state index in [1.165, 1.54) is 6.33 Å². The maximum absolute atomic E-state index is 12.7. The number of carbonyl (C=O) groups is 1. The van der Waals surface area contributed by atoms with E-state index in [0.717, 1.165) is 5.56 Å². The monoisotopic (exact) mass is 373 g/mol. The molecule has 3 heterocycles. The third-order valence-electron chi connectivity index (χ3n) is 4.18. The summed E-state index contributed by atoms with van der Waals surface area (Å²) in [6.45, 7) is 2.85. The van der Waals surface area contributed by atoms with Gasteiger partial charge >= 0.3 is 0 Å². The van der Waals surface area contributed by atoms with E-state index in [2.05, 4.69) is 20.4 Å². The summed E-state index contributed by atoms with van der Waals surface area (Å²) in [5.74, 6) is 0.260. The Balaban J connectivity index is 1.61. The van der Waals surface area contributed by atoms with Crippen LogP contribution < -0.4 is 10.2 Å². The number of carbonyl (C=O) groups excluding carboxylic acids is 1. The number of aromatic nitrogens is 3. The highest BCUT2D eigenvalue weighted by Gasteiger charge is 2.24. The van der Waals surface area contributed by atoms with Crippen molar-refractivity contribution >= 4 is 34.4 Å². The lowest BCUT2D eigenvalue weighted by molar-refractivity contribution is 0.0943. The minimum atomic E-state index is -0.368. The van der Waals surface area contributed by atoms with Crippen molar-refractivity contribution in [3.63, 3.8) is 0 Å². The summed E-state index contributed by atoms with van der Waals surface area (Å²) < 4.78 is 10.6. The Morgan fingerprint density at radius 2 is 2.04 bits per heavy atom. The van der Waals surface area contributed by atoms with E-state index in [0.29, 0.717) is 42.5 Å². The molecular weight excluding hydrogens is 358 g/mol. The lowest BCUT2D eigenvalue weighted by atomic mass is 10.2. The lowest BCUT2D eigenvalue weighted by Gasteiger charge is -2.27. The van der Waals surface area contributed by atoms with Crippen LogP contribution in [0.25, 0.3) is 11.1 Å². The standard InChI is InChI=1S/C17H16ClN5O3/c18-12-4-2-1-3-11(12)9-19-16(24)14-13-15(23-5-7-25-8-6-23)20-10-21-17(13)26-22-14/h1-4,10H,5-9H2,(H,19,24). The van der Waals surface area contributed by atoms with E-state index < -0.39 is 0 Å². The fourth-order valence-corrected chi connectivity index (χ4v) is 3.05. The van der Waals surface area contributed by atoms with Gasteiger partial charge in [0, 0.05) is 24.7 Å². The molecule has 26 heavy (non-hydrogen) atoms. The van der Waals surface area contributed by atoms with Gasteiger partial charge in [-0.25, -0.2) is 4.98 Å². The van der Waals surface area contributed by atoms with Gasteiger partial charge in [-0.15, -0.1) is 0 Å². The van der Waals surface area contributed by atoms with E-state index >= 15 is 0 Å². The zero-order chi connectivity index (χ0) is 17.9. The first-order valence-corrected chi connectivity index (χ1v) is 8.56. The molecule has 0 atom stereocenters. The summed E-state index contributed by atoms with van der Waals surface area (Å²) in [5.41, 5.74) is 1.26. The second-order valence-corrected chi connectivity index (χ2v) is 6.19. The van der Waals surface area contributed by atoms with Crippen LogP contribution in [-0.4, -0.2) is 47.3 Å². The minimum Gasteiger partial charge on any atom is -0.378 e. The van der Waals surface area contributed by atoms with Gasteiger partial charge in [-0.05, 0) is 11.6 Å². The second kappa shape index (κ2) is 7.27. The zero-order valence-corrected chi connectivity index (χ0v) is 14.6. The molecule has 0 bridgehead atoms. The maximum Gasteiger partial charge on any atom is 0.274 e. The number of rotatable bonds is 4. The van der Waals surface area contributed by atoms with Gasteiger partial charge in [-0.3, -0.25) is 4.79 Å².